The van der Waals surface area contributed by atoms with Gasteiger partial charge < -0.3 is 24.8 Å². The van der Waals surface area contributed by atoms with Gasteiger partial charge in [0.25, 0.3) is 0 Å². The Labute approximate surface area is 243 Å². The molecule has 0 spiro atoms. The fourth-order valence-corrected chi connectivity index (χ4v) is 6.05. The van der Waals surface area contributed by atoms with Gasteiger partial charge in [0, 0.05) is 38.0 Å². The van der Waals surface area contributed by atoms with Crippen LogP contribution in [0.15, 0.2) is 42.7 Å². The Morgan fingerprint density at radius 2 is 1.81 bits per heavy atom. The SMILES string of the molecule is CCc1cc(O)c(F)cc1-c1ccc2c(-c3nc4c([nH]3)CN(c3cnc(N5CCCN(C)CC5)cn3)CC4)n[nH]c2c1. The number of H-pyrrole nitrogens is 2. The lowest BCUT2D eigenvalue weighted by Gasteiger charge is -2.27. The number of likely N-dealkylation sites (N-methyl/N-ethyl adjacent to an activating group) is 1. The highest BCUT2D eigenvalue weighted by Gasteiger charge is 2.24. The van der Waals surface area contributed by atoms with Crippen molar-refractivity contribution in [2.24, 2.45) is 0 Å². The topological polar surface area (TPSA) is 113 Å². The summed E-state index contributed by atoms with van der Waals surface area (Å²) in [6.45, 7) is 7.58. The highest BCUT2D eigenvalue weighted by molar-refractivity contribution is 5.94. The van der Waals surface area contributed by atoms with Gasteiger partial charge in [0.1, 0.15) is 17.3 Å². The van der Waals surface area contributed by atoms with Crippen LogP contribution in [0.25, 0.3) is 33.5 Å². The number of benzene rings is 2. The molecule has 0 amide bonds. The Morgan fingerprint density at radius 3 is 2.62 bits per heavy atom. The van der Waals surface area contributed by atoms with E-state index in [0.717, 1.165) is 108 Å². The minimum absolute atomic E-state index is 0.328. The third-order valence-corrected chi connectivity index (χ3v) is 8.48. The van der Waals surface area contributed by atoms with Gasteiger partial charge >= 0.3 is 0 Å². The van der Waals surface area contributed by atoms with E-state index in [1.807, 2.05) is 37.5 Å². The number of phenols is 1. The molecule has 0 saturated carbocycles. The summed E-state index contributed by atoms with van der Waals surface area (Å²) < 4.78 is 14.2. The van der Waals surface area contributed by atoms with Crippen LogP contribution in [0.4, 0.5) is 16.0 Å². The zero-order valence-corrected chi connectivity index (χ0v) is 23.9. The molecule has 5 aromatic rings. The largest absolute Gasteiger partial charge is 0.505 e. The van der Waals surface area contributed by atoms with E-state index >= 15 is 0 Å². The van der Waals surface area contributed by atoms with Gasteiger partial charge in [0.2, 0.25) is 0 Å². The molecule has 1 saturated heterocycles. The lowest BCUT2D eigenvalue weighted by molar-refractivity contribution is 0.360. The number of aromatic nitrogens is 6. The number of nitrogens with zero attached hydrogens (tertiary/aromatic N) is 7. The van der Waals surface area contributed by atoms with Crippen molar-refractivity contribution in [2.45, 2.75) is 32.7 Å². The zero-order valence-electron chi connectivity index (χ0n) is 23.9. The number of halogens is 1. The molecule has 0 atom stereocenters. The number of imidazole rings is 1. The average molecular weight is 568 g/mol. The van der Waals surface area contributed by atoms with Gasteiger partial charge in [0.15, 0.2) is 17.4 Å². The van der Waals surface area contributed by atoms with Crippen LogP contribution >= 0.6 is 0 Å². The summed E-state index contributed by atoms with van der Waals surface area (Å²) in [4.78, 5) is 24.8. The van der Waals surface area contributed by atoms with E-state index in [9.17, 15) is 9.50 Å². The van der Waals surface area contributed by atoms with E-state index in [4.69, 9.17) is 15.0 Å². The molecule has 7 rings (SSSR count). The number of rotatable bonds is 5. The van der Waals surface area contributed by atoms with Gasteiger partial charge in [-0.2, -0.15) is 5.10 Å². The van der Waals surface area contributed by atoms with Crippen LogP contribution in [0.1, 0.15) is 30.3 Å². The van der Waals surface area contributed by atoms with Crippen LogP contribution in [0.5, 0.6) is 5.75 Å². The summed E-state index contributed by atoms with van der Waals surface area (Å²) in [7, 11) is 2.17. The second-order valence-corrected chi connectivity index (χ2v) is 11.2. The number of aromatic amines is 2. The Kier molecular flexibility index (Phi) is 6.73. The van der Waals surface area contributed by atoms with Crippen molar-refractivity contribution in [3.05, 3.63) is 65.5 Å². The molecule has 0 bridgehead atoms. The lowest BCUT2D eigenvalue weighted by Crippen LogP contribution is -2.32. The van der Waals surface area contributed by atoms with Crippen LogP contribution in [0, 0.1) is 5.82 Å². The van der Waals surface area contributed by atoms with E-state index in [1.165, 1.54) is 12.1 Å². The summed E-state index contributed by atoms with van der Waals surface area (Å²) in [5.41, 5.74) is 6.17. The van der Waals surface area contributed by atoms with Gasteiger partial charge in [-0.05, 0) is 67.4 Å². The van der Waals surface area contributed by atoms with Crippen LogP contribution in [0.3, 0.4) is 0 Å². The molecular weight excluding hydrogens is 533 g/mol. The molecule has 0 radical (unpaired) electrons. The lowest BCUT2D eigenvalue weighted by atomic mass is 9.96. The minimum Gasteiger partial charge on any atom is -0.505 e. The van der Waals surface area contributed by atoms with Crippen molar-refractivity contribution < 1.29 is 9.50 Å². The summed E-state index contributed by atoms with van der Waals surface area (Å²) in [5.74, 6) is 1.56. The number of nitrogens with one attached hydrogen (secondary N) is 2. The molecule has 0 unspecified atom stereocenters. The van der Waals surface area contributed by atoms with Crippen molar-refractivity contribution in [2.75, 3.05) is 49.6 Å². The van der Waals surface area contributed by atoms with Crippen molar-refractivity contribution >= 4 is 22.5 Å². The Balaban J connectivity index is 1.10. The molecule has 10 nitrogen and oxygen atoms in total. The maximum Gasteiger partial charge on any atom is 0.165 e. The second kappa shape index (κ2) is 10.7. The number of hydrogen-bond donors (Lipinski definition) is 3. The highest BCUT2D eigenvalue weighted by atomic mass is 19.1. The Hall–Kier alpha value is -4.51. The molecule has 2 aromatic carbocycles. The summed E-state index contributed by atoms with van der Waals surface area (Å²) >= 11 is 0. The first-order valence-corrected chi connectivity index (χ1v) is 14.6. The predicted molar refractivity (Wildman–Crippen MR) is 161 cm³/mol. The smallest absolute Gasteiger partial charge is 0.165 e. The quantitative estimate of drug-likeness (QED) is 0.284. The van der Waals surface area contributed by atoms with Crippen molar-refractivity contribution in [1.82, 2.24) is 35.0 Å². The maximum atomic E-state index is 14.2. The Bertz CT molecular complexity index is 1750. The number of aryl methyl sites for hydroxylation is 1. The molecule has 3 aromatic heterocycles. The normalized spacial score (nSPS) is 16.2. The predicted octanol–water partition coefficient (Wildman–Crippen LogP) is 4.52. The van der Waals surface area contributed by atoms with Gasteiger partial charge in [0.05, 0.1) is 35.8 Å². The third-order valence-electron chi connectivity index (χ3n) is 8.48. The standard InChI is InChI=1S/C31H34FN9O/c1-3-19-14-27(42)23(32)15-22(19)20-5-6-21-25(13-20)37-38-30(21)31-35-24-7-10-41(18-26(24)36-31)29-17-33-28(16-34-29)40-9-4-8-39(2)11-12-40/h5-6,13-17,42H,3-4,7-12,18H2,1-2H3,(H,35,36)(H,37,38). The van der Waals surface area contributed by atoms with E-state index in [-0.39, 0.29) is 5.75 Å². The van der Waals surface area contributed by atoms with Gasteiger partial charge in [-0.15, -0.1) is 0 Å². The van der Waals surface area contributed by atoms with E-state index in [0.29, 0.717) is 13.0 Å². The van der Waals surface area contributed by atoms with Crippen LogP contribution in [-0.2, 0) is 19.4 Å². The number of anilines is 2. The fraction of sp³-hybridized carbons (Fsp3) is 0.355. The van der Waals surface area contributed by atoms with Crippen LogP contribution in [-0.4, -0.2) is 79.9 Å². The molecule has 5 heterocycles. The molecule has 1 fully saturated rings. The molecule has 2 aliphatic heterocycles. The first-order chi connectivity index (χ1) is 20.5. The monoisotopic (exact) mass is 567 g/mol. The minimum atomic E-state index is -0.629. The fourth-order valence-electron chi connectivity index (χ4n) is 6.05. The summed E-state index contributed by atoms with van der Waals surface area (Å²) in [5, 5.41) is 18.5. The van der Waals surface area contributed by atoms with Crippen LogP contribution < -0.4 is 9.80 Å². The highest BCUT2D eigenvalue weighted by Crippen LogP contribution is 2.34. The van der Waals surface area contributed by atoms with Gasteiger partial charge in [-0.25, -0.2) is 19.3 Å². The molecule has 42 heavy (non-hydrogen) atoms. The number of hydrogen-bond acceptors (Lipinski definition) is 8. The Morgan fingerprint density at radius 1 is 0.976 bits per heavy atom. The molecule has 0 aliphatic carbocycles. The number of phenolic OH excluding ortho intramolecular Hbond substituents is 1. The van der Waals surface area contributed by atoms with Crippen molar-refractivity contribution in [3.8, 4) is 28.4 Å². The number of fused-ring (bicyclic) bond motifs is 2. The third kappa shape index (κ3) is 4.83. The zero-order chi connectivity index (χ0) is 28.8. The summed E-state index contributed by atoms with van der Waals surface area (Å²) in [6, 6.07) is 8.81. The van der Waals surface area contributed by atoms with E-state index in [1.54, 1.807) is 0 Å². The van der Waals surface area contributed by atoms with Crippen molar-refractivity contribution in [1.29, 1.82) is 0 Å². The summed E-state index contributed by atoms with van der Waals surface area (Å²) in [6.07, 6.45) is 6.38. The number of aromatic hydroxyl groups is 1. The first-order valence-electron chi connectivity index (χ1n) is 14.6. The molecule has 3 N–H and O–H groups in total. The molecular formula is C31H34FN9O. The van der Waals surface area contributed by atoms with E-state index < -0.39 is 5.82 Å². The average Bonchev–Trinajstić information content (AvgIpc) is 3.56. The molecule has 2 aliphatic rings. The van der Waals surface area contributed by atoms with Crippen LogP contribution in [0.2, 0.25) is 0 Å². The molecule has 11 heteroatoms. The van der Waals surface area contributed by atoms with Gasteiger partial charge in [-0.3, -0.25) is 5.10 Å². The maximum absolute atomic E-state index is 14.2. The molecule has 216 valence electrons. The van der Waals surface area contributed by atoms with E-state index in [2.05, 4.69) is 36.9 Å². The second-order valence-electron chi connectivity index (χ2n) is 11.2. The van der Waals surface area contributed by atoms with Gasteiger partial charge in [-0.1, -0.05) is 13.0 Å². The van der Waals surface area contributed by atoms with Crippen molar-refractivity contribution in [3.63, 3.8) is 0 Å². The first kappa shape index (κ1) is 26.4.